The number of benzene rings is 2. The highest BCUT2D eigenvalue weighted by atomic mass is 19.4. The number of anilines is 1. The number of hydrogen-bond acceptors (Lipinski definition) is 6. The van der Waals surface area contributed by atoms with Crippen molar-refractivity contribution in [1.82, 2.24) is 15.1 Å². The Kier molecular flexibility index (Phi) is 14.2. The standard InChI is InChI=1S/C37H53F3N4O5/c1-25-21-44(26(2)24-45)35(46)32-20-31(42-36(47)41-30-11-6-5-7-12-30)17-18-33(32)49-27(3)10-8-9-19-48-34(25)23-43(4)22-28-13-15-29(16-14-28)37(38,39)40/h13-18,20,25-27,30,34,45H,5-12,19,21-24H2,1-4H3,(H2,41,42,47)/t25-,26-,27-,34-/m0/s1. The lowest BCUT2D eigenvalue weighted by molar-refractivity contribution is -0.137. The van der Waals surface area contributed by atoms with E-state index in [2.05, 4.69) is 10.6 Å². The highest BCUT2D eigenvalue weighted by Crippen LogP contribution is 2.30. The Morgan fingerprint density at radius 3 is 2.41 bits per heavy atom. The number of carbonyl (C=O) groups is 2. The lowest BCUT2D eigenvalue weighted by atomic mass is 9.96. The minimum Gasteiger partial charge on any atom is -0.490 e. The van der Waals surface area contributed by atoms with E-state index in [-0.39, 0.29) is 49.3 Å². The minimum absolute atomic E-state index is 0.128. The molecule has 3 N–H and O–H groups in total. The maximum atomic E-state index is 14.4. The lowest BCUT2D eigenvalue weighted by Crippen LogP contribution is -2.47. The molecule has 0 saturated heterocycles. The smallest absolute Gasteiger partial charge is 0.416 e. The molecule has 4 atom stereocenters. The number of rotatable bonds is 8. The number of carbonyl (C=O) groups excluding carboxylic acids is 2. The van der Waals surface area contributed by atoms with Crippen LogP contribution in [0.5, 0.6) is 5.75 Å². The number of halogens is 3. The van der Waals surface area contributed by atoms with Gasteiger partial charge in [-0.3, -0.25) is 9.69 Å². The van der Waals surface area contributed by atoms with E-state index in [1.165, 1.54) is 18.6 Å². The van der Waals surface area contributed by atoms with E-state index in [0.717, 1.165) is 62.6 Å². The number of nitrogens with zero attached hydrogens (tertiary/aromatic N) is 2. The molecule has 2 aromatic rings. The molecule has 1 fully saturated rings. The molecule has 1 heterocycles. The second-order valence-corrected chi connectivity index (χ2v) is 13.8. The van der Waals surface area contributed by atoms with Gasteiger partial charge in [-0.1, -0.05) is 38.3 Å². The molecule has 0 bridgehead atoms. The first kappa shape index (κ1) is 38.5. The van der Waals surface area contributed by atoms with Gasteiger partial charge in [-0.2, -0.15) is 13.2 Å². The van der Waals surface area contributed by atoms with Crippen LogP contribution in [0.3, 0.4) is 0 Å². The number of amides is 3. The number of likely N-dealkylation sites (N-methyl/N-ethyl adjacent to an activating group) is 1. The Balaban J connectivity index is 1.54. The molecule has 0 spiro atoms. The first-order valence-corrected chi connectivity index (χ1v) is 17.6. The molecular weight excluding hydrogens is 637 g/mol. The molecule has 272 valence electrons. The maximum absolute atomic E-state index is 14.4. The minimum atomic E-state index is -4.39. The van der Waals surface area contributed by atoms with E-state index in [1.54, 1.807) is 30.0 Å². The zero-order valence-electron chi connectivity index (χ0n) is 29.2. The van der Waals surface area contributed by atoms with Gasteiger partial charge in [-0.15, -0.1) is 0 Å². The summed E-state index contributed by atoms with van der Waals surface area (Å²) in [6.45, 7) is 7.17. The van der Waals surface area contributed by atoms with E-state index < -0.39 is 17.8 Å². The summed E-state index contributed by atoms with van der Waals surface area (Å²) >= 11 is 0. The van der Waals surface area contributed by atoms with Crippen molar-refractivity contribution in [3.05, 3.63) is 59.2 Å². The summed E-state index contributed by atoms with van der Waals surface area (Å²) in [7, 11) is 1.90. The topological polar surface area (TPSA) is 103 Å². The van der Waals surface area contributed by atoms with Crippen LogP contribution in [0.15, 0.2) is 42.5 Å². The molecule has 0 unspecified atom stereocenters. The van der Waals surface area contributed by atoms with Gasteiger partial charge < -0.3 is 30.1 Å². The van der Waals surface area contributed by atoms with Gasteiger partial charge >= 0.3 is 12.2 Å². The molecule has 3 amide bonds. The van der Waals surface area contributed by atoms with E-state index >= 15 is 0 Å². The fourth-order valence-electron chi connectivity index (χ4n) is 6.54. The summed E-state index contributed by atoms with van der Waals surface area (Å²) in [4.78, 5) is 30.9. The summed E-state index contributed by atoms with van der Waals surface area (Å²) in [5.41, 5.74) is 0.825. The average Bonchev–Trinajstić information content (AvgIpc) is 3.06. The maximum Gasteiger partial charge on any atom is 0.416 e. The van der Waals surface area contributed by atoms with Crippen LogP contribution in [0.1, 0.15) is 93.6 Å². The van der Waals surface area contributed by atoms with Crippen LogP contribution < -0.4 is 15.4 Å². The Labute approximate surface area is 288 Å². The summed E-state index contributed by atoms with van der Waals surface area (Å²) in [5, 5.41) is 16.2. The van der Waals surface area contributed by atoms with Gasteiger partial charge in [0.2, 0.25) is 0 Å². The summed E-state index contributed by atoms with van der Waals surface area (Å²) in [5.74, 6) is -0.0812. The number of alkyl halides is 3. The summed E-state index contributed by atoms with van der Waals surface area (Å²) in [6, 6.07) is 9.56. The number of nitrogens with one attached hydrogen (secondary N) is 2. The van der Waals surface area contributed by atoms with Crippen molar-refractivity contribution < 1.29 is 37.3 Å². The van der Waals surface area contributed by atoms with Crippen molar-refractivity contribution in [2.45, 2.75) is 109 Å². The van der Waals surface area contributed by atoms with Crippen molar-refractivity contribution in [3.63, 3.8) is 0 Å². The van der Waals surface area contributed by atoms with Gasteiger partial charge in [0.15, 0.2) is 0 Å². The largest absolute Gasteiger partial charge is 0.490 e. The van der Waals surface area contributed by atoms with Crippen molar-refractivity contribution in [2.75, 3.05) is 38.7 Å². The van der Waals surface area contributed by atoms with Crippen LogP contribution in [0.2, 0.25) is 0 Å². The Hall–Kier alpha value is -3.35. The summed E-state index contributed by atoms with van der Waals surface area (Å²) in [6.07, 6.45) is 2.78. The molecule has 2 aliphatic rings. The van der Waals surface area contributed by atoms with Gasteiger partial charge in [0.25, 0.3) is 5.91 Å². The molecule has 9 nitrogen and oxygen atoms in total. The first-order chi connectivity index (χ1) is 23.3. The van der Waals surface area contributed by atoms with Crippen molar-refractivity contribution in [2.24, 2.45) is 5.92 Å². The number of aliphatic hydroxyl groups is 1. The second-order valence-electron chi connectivity index (χ2n) is 13.8. The molecule has 4 rings (SSSR count). The van der Waals surface area contributed by atoms with Crippen LogP contribution in [0.4, 0.5) is 23.7 Å². The molecule has 12 heteroatoms. The van der Waals surface area contributed by atoms with E-state index in [0.29, 0.717) is 36.7 Å². The molecular formula is C37H53F3N4O5. The zero-order chi connectivity index (χ0) is 35.6. The third-order valence-electron chi connectivity index (χ3n) is 9.48. The summed E-state index contributed by atoms with van der Waals surface area (Å²) < 4.78 is 51.9. The molecule has 1 aliphatic carbocycles. The number of ether oxygens (including phenoxy) is 2. The fourth-order valence-corrected chi connectivity index (χ4v) is 6.54. The normalized spacial score (nSPS) is 22.5. The van der Waals surface area contributed by atoms with Crippen LogP contribution in [-0.2, 0) is 17.5 Å². The molecule has 0 aromatic heterocycles. The first-order valence-electron chi connectivity index (χ1n) is 17.6. The zero-order valence-corrected chi connectivity index (χ0v) is 29.2. The highest BCUT2D eigenvalue weighted by Gasteiger charge is 2.32. The fraction of sp³-hybridized carbons (Fsp3) is 0.622. The number of aliphatic hydroxyl groups excluding tert-OH is 1. The predicted octanol–water partition coefficient (Wildman–Crippen LogP) is 7.09. The Morgan fingerprint density at radius 2 is 1.73 bits per heavy atom. The third kappa shape index (κ3) is 11.6. The van der Waals surface area contributed by atoms with Gasteiger partial charge in [-0.05, 0) is 88.9 Å². The van der Waals surface area contributed by atoms with Crippen LogP contribution >= 0.6 is 0 Å². The Morgan fingerprint density at radius 1 is 1.04 bits per heavy atom. The molecule has 0 radical (unpaired) electrons. The lowest BCUT2D eigenvalue weighted by Gasteiger charge is -2.36. The van der Waals surface area contributed by atoms with Crippen LogP contribution in [0, 0.1) is 5.92 Å². The number of hydrogen-bond donors (Lipinski definition) is 3. The average molecular weight is 691 g/mol. The second kappa shape index (κ2) is 18.1. The van der Waals surface area contributed by atoms with Crippen molar-refractivity contribution >= 4 is 17.6 Å². The monoisotopic (exact) mass is 690 g/mol. The van der Waals surface area contributed by atoms with Crippen molar-refractivity contribution in [3.8, 4) is 5.75 Å². The Bertz CT molecular complexity index is 1350. The van der Waals surface area contributed by atoms with Gasteiger partial charge in [0, 0.05) is 43.9 Å². The van der Waals surface area contributed by atoms with Crippen LogP contribution in [-0.4, -0.2) is 84.5 Å². The predicted molar refractivity (Wildman–Crippen MR) is 184 cm³/mol. The van der Waals surface area contributed by atoms with E-state index in [9.17, 15) is 27.9 Å². The van der Waals surface area contributed by atoms with Crippen LogP contribution in [0.25, 0.3) is 0 Å². The SMILES string of the molecule is C[C@H]1CCCCO[C@@H](CN(C)Cc2ccc(C(F)(F)F)cc2)[C@@H](C)CN([C@@H](C)CO)C(=O)c2cc(NC(=O)NC3CCCCC3)ccc2O1. The van der Waals surface area contributed by atoms with Gasteiger partial charge in [0.05, 0.1) is 36.0 Å². The van der Waals surface area contributed by atoms with E-state index in [4.69, 9.17) is 9.47 Å². The van der Waals surface area contributed by atoms with E-state index in [1.807, 2.05) is 25.8 Å². The highest BCUT2D eigenvalue weighted by molar-refractivity contribution is 5.99. The quantitative estimate of drug-likeness (QED) is 0.274. The number of urea groups is 1. The molecule has 1 aliphatic heterocycles. The molecule has 1 saturated carbocycles. The van der Waals surface area contributed by atoms with Gasteiger partial charge in [-0.25, -0.2) is 4.79 Å². The third-order valence-corrected chi connectivity index (χ3v) is 9.48. The van der Waals surface area contributed by atoms with Gasteiger partial charge in [0.1, 0.15) is 5.75 Å². The number of fused-ring (bicyclic) bond motifs is 1. The van der Waals surface area contributed by atoms with Crippen molar-refractivity contribution in [1.29, 1.82) is 0 Å². The molecule has 2 aromatic carbocycles. The molecule has 49 heavy (non-hydrogen) atoms.